The average Bonchev–Trinajstić information content (AvgIpc) is 3.15. The third-order valence-corrected chi connectivity index (χ3v) is 12.6. The minimum absolute atomic E-state index is 0.0307. The number of likely N-dealkylation sites (N-methyl/N-ethyl adjacent to an activating group) is 1. The van der Waals surface area contributed by atoms with E-state index in [0.29, 0.717) is 18.7 Å². The van der Waals surface area contributed by atoms with Gasteiger partial charge in [-0.3, -0.25) is 4.79 Å². The number of rotatable bonds is 13. The second-order valence-corrected chi connectivity index (χ2v) is 17.7. The van der Waals surface area contributed by atoms with Crippen LogP contribution in [0, 0.1) is 23.7 Å². The molecule has 340 valence electrons. The molecule has 0 aromatic rings. The van der Waals surface area contributed by atoms with Crippen LogP contribution >= 0.6 is 0 Å². The second kappa shape index (κ2) is 21.5. The highest BCUT2D eigenvalue weighted by molar-refractivity contribution is 5.88. The molecule has 3 saturated heterocycles. The van der Waals surface area contributed by atoms with Gasteiger partial charge in [0.15, 0.2) is 12.6 Å². The Bertz CT molecular complexity index is 1300. The molecule has 18 atom stereocenters. The molecular weight excluding hydrogens is 760 g/mol. The van der Waals surface area contributed by atoms with Crippen molar-refractivity contribution in [3.63, 3.8) is 0 Å². The Morgan fingerprint density at radius 3 is 2.14 bits per heavy atom. The number of carbonyl (C=O) groups excluding carboxylic acids is 1. The Kier molecular flexibility index (Phi) is 18.8. The van der Waals surface area contributed by atoms with Crippen LogP contribution in [0.3, 0.4) is 0 Å². The second-order valence-electron chi connectivity index (χ2n) is 17.7. The highest BCUT2D eigenvalue weighted by Gasteiger charge is 2.53. The van der Waals surface area contributed by atoms with E-state index < -0.39 is 102 Å². The van der Waals surface area contributed by atoms with Gasteiger partial charge in [0, 0.05) is 44.4 Å². The molecule has 0 aromatic heterocycles. The smallest absolute Gasteiger partial charge is 0.311 e. The monoisotopic (exact) mass is 837 g/mol. The summed E-state index contributed by atoms with van der Waals surface area (Å²) in [6.45, 7) is 17.3. The van der Waals surface area contributed by atoms with Gasteiger partial charge >= 0.3 is 5.97 Å². The lowest BCUT2D eigenvalue weighted by Gasteiger charge is -2.49. The molecule has 17 heteroatoms. The number of esters is 1. The lowest BCUT2D eigenvalue weighted by Crippen LogP contribution is -2.61. The van der Waals surface area contributed by atoms with Crippen LogP contribution < -0.4 is 0 Å². The van der Waals surface area contributed by atoms with Gasteiger partial charge in [0.25, 0.3) is 0 Å². The fraction of sp³-hybridized carbons (Fsp3) is 0.951. The number of carbonyl (C=O) groups is 1. The van der Waals surface area contributed by atoms with E-state index in [-0.39, 0.29) is 44.8 Å². The van der Waals surface area contributed by atoms with Crippen molar-refractivity contribution in [2.45, 2.75) is 179 Å². The Balaban J connectivity index is 2.22. The molecule has 3 fully saturated rings. The molecule has 17 nitrogen and oxygen atoms in total. The fourth-order valence-electron chi connectivity index (χ4n) is 8.93. The summed E-state index contributed by atoms with van der Waals surface area (Å²) < 4.78 is 48.1. The minimum atomic E-state index is -1.97. The molecule has 0 bridgehead atoms. The molecule has 0 unspecified atom stereocenters. The molecule has 0 amide bonds. The molecule has 3 aliphatic rings. The van der Waals surface area contributed by atoms with Gasteiger partial charge in [0.2, 0.25) is 6.79 Å². The molecule has 3 aliphatic heterocycles. The van der Waals surface area contributed by atoms with Crippen molar-refractivity contribution < 1.29 is 73.1 Å². The van der Waals surface area contributed by atoms with Crippen LogP contribution in [0.4, 0.5) is 0 Å². The molecule has 0 spiro atoms. The van der Waals surface area contributed by atoms with Crippen LogP contribution in [0.2, 0.25) is 0 Å². The van der Waals surface area contributed by atoms with Crippen molar-refractivity contribution in [1.82, 2.24) is 4.90 Å². The summed E-state index contributed by atoms with van der Waals surface area (Å²) in [5.41, 5.74) is -4.49. The highest BCUT2D eigenvalue weighted by atomic mass is 16.7. The number of nitrogens with zero attached hydrogens (tertiary/aromatic N) is 2. The summed E-state index contributed by atoms with van der Waals surface area (Å²) in [6, 6.07) is -0.328. The van der Waals surface area contributed by atoms with Gasteiger partial charge < -0.3 is 73.2 Å². The normalized spacial score (nSPS) is 45.8. The standard InChI is InChI=1S/C41H76N2O15/c1-15-29-41(10,49)34(45)24(4)31(42-53-21-52-17-16-50-13)22(2)19-39(8,48)36(58-38-32(44)28(43(11)12)18-23(3)54-38)25(5)33(26(6)37(47)56-29)57-30-20-40(9,51-14)35(46)27(7)55-30/h22-30,32-36,38,44-46,48-49H,15-21H2,1-14H3/b42-31-/t22-,23-,24+,25+,26-,27+,28+,29-,30+,32-,33+,34-,35+,36-,38+,39-,40-,41-/m0/s1. The molecular formula is C41H76N2O15. The van der Waals surface area contributed by atoms with Crippen molar-refractivity contribution >= 4 is 11.7 Å². The van der Waals surface area contributed by atoms with Crippen molar-refractivity contribution in [2.24, 2.45) is 28.8 Å². The maximum Gasteiger partial charge on any atom is 0.311 e. The van der Waals surface area contributed by atoms with Crippen LogP contribution in [-0.4, -0.2) is 175 Å². The predicted octanol–water partition coefficient (Wildman–Crippen LogP) is 2.21. The van der Waals surface area contributed by atoms with Gasteiger partial charge in [-0.2, -0.15) is 0 Å². The summed E-state index contributed by atoms with van der Waals surface area (Å²) >= 11 is 0. The van der Waals surface area contributed by atoms with E-state index >= 15 is 0 Å². The minimum Gasteiger partial charge on any atom is -0.459 e. The van der Waals surface area contributed by atoms with Gasteiger partial charge in [0.05, 0.1) is 66.6 Å². The Morgan fingerprint density at radius 2 is 1.55 bits per heavy atom. The first-order valence-electron chi connectivity index (χ1n) is 20.8. The fourth-order valence-corrected chi connectivity index (χ4v) is 8.93. The molecule has 0 aromatic carbocycles. The first-order chi connectivity index (χ1) is 27.0. The first-order valence-corrected chi connectivity index (χ1v) is 20.8. The van der Waals surface area contributed by atoms with E-state index in [2.05, 4.69) is 5.16 Å². The van der Waals surface area contributed by atoms with Crippen LogP contribution in [0.5, 0.6) is 0 Å². The van der Waals surface area contributed by atoms with E-state index in [1.807, 2.05) is 32.8 Å². The van der Waals surface area contributed by atoms with Crippen LogP contribution in [-0.2, 0) is 47.5 Å². The van der Waals surface area contributed by atoms with Crippen molar-refractivity contribution in [3.8, 4) is 0 Å². The van der Waals surface area contributed by atoms with Crippen LogP contribution in [0.15, 0.2) is 5.16 Å². The molecule has 3 rings (SSSR count). The number of aliphatic hydroxyl groups is 5. The van der Waals surface area contributed by atoms with Crippen LogP contribution in [0.25, 0.3) is 0 Å². The Morgan fingerprint density at radius 1 is 0.897 bits per heavy atom. The highest BCUT2D eigenvalue weighted by Crippen LogP contribution is 2.41. The molecule has 0 saturated carbocycles. The zero-order valence-electron chi connectivity index (χ0n) is 37.3. The van der Waals surface area contributed by atoms with Gasteiger partial charge in [-0.25, -0.2) is 0 Å². The number of aliphatic hydroxyl groups excluding tert-OH is 3. The van der Waals surface area contributed by atoms with Crippen molar-refractivity contribution in [3.05, 3.63) is 0 Å². The summed E-state index contributed by atoms with van der Waals surface area (Å²) in [5, 5.41) is 63.6. The molecule has 5 N–H and O–H groups in total. The van der Waals surface area contributed by atoms with Crippen LogP contribution in [0.1, 0.15) is 94.9 Å². The Labute approximate surface area is 345 Å². The zero-order valence-corrected chi connectivity index (χ0v) is 37.3. The van der Waals surface area contributed by atoms with Gasteiger partial charge in [-0.1, -0.05) is 32.9 Å². The number of hydrogen-bond acceptors (Lipinski definition) is 17. The van der Waals surface area contributed by atoms with E-state index in [1.54, 1.807) is 55.6 Å². The molecule has 58 heavy (non-hydrogen) atoms. The number of hydrogen-bond donors (Lipinski definition) is 5. The summed E-state index contributed by atoms with van der Waals surface area (Å²) in [6.07, 6.45) is -9.49. The van der Waals surface area contributed by atoms with Gasteiger partial charge in [-0.15, -0.1) is 0 Å². The van der Waals surface area contributed by atoms with Crippen molar-refractivity contribution in [2.75, 3.05) is 48.3 Å². The third kappa shape index (κ3) is 12.1. The van der Waals surface area contributed by atoms with Gasteiger partial charge in [0.1, 0.15) is 23.9 Å². The predicted molar refractivity (Wildman–Crippen MR) is 212 cm³/mol. The zero-order chi connectivity index (χ0) is 43.9. The van der Waals surface area contributed by atoms with E-state index in [9.17, 15) is 30.3 Å². The number of ether oxygens (including phenoxy) is 8. The van der Waals surface area contributed by atoms with Crippen molar-refractivity contribution in [1.29, 1.82) is 0 Å². The molecule has 0 radical (unpaired) electrons. The third-order valence-electron chi connectivity index (χ3n) is 12.6. The van der Waals surface area contributed by atoms with E-state index in [0.717, 1.165) is 0 Å². The maximum atomic E-state index is 14.3. The summed E-state index contributed by atoms with van der Waals surface area (Å²) in [5.74, 6) is -4.14. The van der Waals surface area contributed by atoms with E-state index in [4.69, 9.17) is 42.7 Å². The van der Waals surface area contributed by atoms with E-state index in [1.165, 1.54) is 14.0 Å². The summed E-state index contributed by atoms with van der Waals surface area (Å²) in [7, 11) is 6.76. The first kappa shape index (κ1) is 50.8. The maximum absolute atomic E-state index is 14.3. The lowest BCUT2D eigenvalue weighted by atomic mass is 9.73. The summed E-state index contributed by atoms with van der Waals surface area (Å²) in [4.78, 5) is 21.8. The number of methoxy groups -OCH3 is 2. The number of oxime groups is 1. The Hall–Kier alpha value is -1.58. The quantitative estimate of drug-likeness (QED) is 0.0778. The number of cyclic esters (lactones) is 1. The SMILES string of the molecule is CC[C@@H]1OC(=O)[C@@H](C)[C@H](O[C@@H]2C[C@](C)(OC)[C@H](O)[C@@H](C)O2)[C@@H](C)[C@H](O[C@H]2O[C@@H](C)C[C@@H](N(C)C)[C@@H]2O)[C@@](C)(O)C[C@H](C)/C(=N/OCOCCOC)[C@@H](C)[C@H](O)[C@@]1(C)O. The van der Waals surface area contributed by atoms with Gasteiger partial charge in [-0.05, 0) is 74.9 Å². The molecule has 0 aliphatic carbocycles. The topological polar surface area (TPSA) is 217 Å². The largest absolute Gasteiger partial charge is 0.459 e. The lowest BCUT2D eigenvalue weighted by molar-refractivity contribution is -0.317. The average molecular weight is 837 g/mol. The molecule has 3 heterocycles.